The number of pyridine rings is 4. The van der Waals surface area contributed by atoms with Crippen LogP contribution in [0.4, 0.5) is 0 Å². The van der Waals surface area contributed by atoms with Crippen LogP contribution >= 0.6 is 10.3 Å². The van der Waals surface area contributed by atoms with Gasteiger partial charge in [-0.25, -0.2) is 18.3 Å². The Hall–Kier alpha value is -2.01. The number of aromatic nitrogens is 4. The van der Waals surface area contributed by atoms with E-state index in [2.05, 4.69) is 108 Å². The molecule has 0 fully saturated rings. The van der Waals surface area contributed by atoms with E-state index < -0.39 is 0 Å². The van der Waals surface area contributed by atoms with Crippen molar-refractivity contribution in [1.29, 1.82) is 0 Å². The molecule has 0 spiro atoms. The Balaban J connectivity index is 0. The van der Waals surface area contributed by atoms with Gasteiger partial charge in [0.15, 0.2) is 49.6 Å². The molecule has 0 saturated carbocycles. The van der Waals surface area contributed by atoms with E-state index in [0.717, 1.165) is 0 Å². The maximum absolute atomic E-state index is 4.02. The van der Waals surface area contributed by atoms with Gasteiger partial charge >= 0.3 is 44.6 Å². The van der Waals surface area contributed by atoms with Crippen LogP contribution in [0.2, 0.25) is 0 Å². The van der Waals surface area contributed by atoms with Gasteiger partial charge in [-0.3, -0.25) is 0 Å². The molecule has 4 heterocycles. The van der Waals surface area contributed by atoms with Crippen molar-refractivity contribution in [2.75, 3.05) is 0 Å². The zero-order valence-electron chi connectivity index (χ0n) is 20.3. The van der Waals surface area contributed by atoms with E-state index in [1.165, 1.54) is 22.3 Å². The van der Waals surface area contributed by atoms with Crippen LogP contribution in [0.5, 0.6) is 0 Å². The quantitative estimate of drug-likeness (QED) is 0.283. The van der Waals surface area contributed by atoms with Gasteiger partial charge in [0.05, 0.1) is 0 Å². The molecule has 33 heavy (non-hydrogen) atoms. The third kappa shape index (κ3) is 11.1. The van der Waals surface area contributed by atoms with Crippen molar-refractivity contribution in [3.63, 3.8) is 0 Å². The van der Waals surface area contributed by atoms with Gasteiger partial charge in [-0.1, -0.05) is 0 Å². The molecule has 0 atom stereocenters. The summed E-state index contributed by atoms with van der Waals surface area (Å²) in [5.41, 5.74) is 5.01. The number of nitrogens with zero attached hydrogens (tertiary/aromatic N) is 4. The molecule has 4 aromatic rings. The van der Waals surface area contributed by atoms with Gasteiger partial charge < -0.3 is 14.9 Å². The predicted octanol–water partition coefficient (Wildman–Crippen LogP) is 3.55. The minimum Gasteiger partial charge on any atom is 2.00 e. The predicted molar refractivity (Wildman–Crippen MR) is 129 cm³/mol. The van der Waals surface area contributed by atoms with Crippen LogP contribution in [-0.4, -0.2) is 0 Å². The molecular formula is C26H34N4SV2+6. The van der Waals surface area contributed by atoms with E-state index in [-0.39, 0.29) is 33.4 Å². The van der Waals surface area contributed by atoms with Crippen molar-refractivity contribution in [1.82, 2.24) is 0 Å². The Labute approximate surface area is 225 Å². The molecule has 4 nitrogen and oxygen atoms in total. The summed E-state index contributed by atoms with van der Waals surface area (Å²) in [6.07, 6.45) is 16.5. The van der Waals surface area contributed by atoms with E-state index in [4.69, 9.17) is 0 Å². The number of rotatable bonds is 2. The Morgan fingerprint density at radius 3 is 0.667 bits per heavy atom. The minimum absolute atomic E-state index is 0. The summed E-state index contributed by atoms with van der Waals surface area (Å²) in [6.45, 7) is 0. The summed E-state index contributed by atoms with van der Waals surface area (Å²) >= 11 is 1.90. The molecule has 0 aromatic carbocycles. The van der Waals surface area contributed by atoms with Crippen LogP contribution in [0.25, 0.3) is 22.3 Å². The molecular weight excluding hydrogens is 502 g/mol. The van der Waals surface area contributed by atoms with E-state index in [1.54, 1.807) is 0 Å². The summed E-state index contributed by atoms with van der Waals surface area (Å²) in [5.74, 6) is 0. The van der Waals surface area contributed by atoms with Crippen LogP contribution in [0.3, 0.4) is 0 Å². The van der Waals surface area contributed by atoms with Crippen LogP contribution in [0.1, 0.15) is 0 Å². The average molecular weight is 537 g/mol. The van der Waals surface area contributed by atoms with Gasteiger partial charge in [-0.2, -0.15) is 0 Å². The Morgan fingerprint density at radius 2 is 0.545 bits per heavy atom. The zero-order chi connectivity index (χ0) is 21.9. The average Bonchev–Trinajstić information content (AvgIpc) is 2.78. The molecule has 4 aromatic heterocycles. The van der Waals surface area contributed by atoms with Crippen molar-refractivity contribution >= 4 is 10.3 Å². The molecule has 0 saturated heterocycles. The van der Waals surface area contributed by atoms with E-state index in [0.29, 0.717) is 0 Å². The molecule has 0 aliphatic heterocycles. The molecule has 0 N–H and O–H groups in total. The molecule has 7 heteroatoms. The molecule has 0 aliphatic rings. The third-order valence-electron chi connectivity index (χ3n) is 4.58. The number of aryl methyl sites for hydroxylation is 4. The first-order chi connectivity index (χ1) is 14.5. The molecule has 168 valence electrons. The molecule has 0 unspecified atom stereocenters. The van der Waals surface area contributed by atoms with E-state index in [9.17, 15) is 0 Å². The smallest absolute Gasteiger partial charge is 2.00 e. The molecule has 0 aliphatic carbocycles. The SMILES string of the molecule is C[n+]1ccc(-c2cc[n+](C)cc2)cc1.C[n+]1ccc(-c2cc[n+](C)cc2)cc1.[CH3-].[CH3-].[S]=[V+2].[V+2]. The van der Waals surface area contributed by atoms with Crippen LogP contribution in [-0.2, 0) is 62.5 Å². The fourth-order valence-electron chi connectivity index (χ4n) is 2.77. The summed E-state index contributed by atoms with van der Waals surface area (Å²) in [6, 6.07) is 17.0. The van der Waals surface area contributed by atoms with E-state index in [1.807, 2.05) is 62.2 Å². The molecule has 0 amide bonds. The first-order valence-electron chi connectivity index (χ1n) is 9.51. The monoisotopic (exact) mass is 536 g/mol. The maximum atomic E-state index is 4.02. The van der Waals surface area contributed by atoms with Crippen LogP contribution < -0.4 is 18.3 Å². The number of hydrogen-bond donors (Lipinski definition) is 0. The minimum atomic E-state index is 0. The van der Waals surface area contributed by atoms with Gasteiger partial charge in [0.2, 0.25) is 0 Å². The maximum Gasteiger partial charge on any atom is 2.00 e. The van der Waals surface area contributed by atoms with Gasteiger partial charge in [0, 0.05) is 48.5 Å². The fourth-order valence-corrected chi connectivity index (χ4v) is 2.77. The summed E-state index contributed by atoms with van der Waals surface area (Å²) in [4.78, 5) is 0. The first kappa shape index (κ1) is 33.2. The molecule has 0 bridgehead atoms. The topological polar surface area (TPSA) is 15.5 Å². The van der Waals surface area contributed by atoms with Gasteiger partial charge in [0.25, 0.3) is 0 Å². The first-order valence-corrected chi connectivity index (χ1v) is 11.6. The standard InChI is InChI=1S/2C12H14N2.2CH3.S.2V/c2*1-13-7-3-11(4-8-13)12-5-9-14(2)10-6-12;;;;;/h2*3-10H,1-2H3;2*1H3;;;/q2*+2;2*-1;;2*+2. The largest absolute Gasteiger partial charge is 2.00 e. The Kier molecular flexibility index (Phi) is 17.5. The summed E-state index contributed by atoms with van der Waals surface area (Å²) in [7, 11) is 12.1. The summed E-state index contributed by atoms with van der Waals surface area (Å²) < 4.78 is 8.14. The molecule has 1 radical (unpaired) electrons. The second-order valence-electron chi connectivity index (χ2n) is 7.01. The Bertz CT molecular complexity index is 864. The Morgan fingerprint density at radius 1 is 0.424 bits per heavy atom. The van der Waals surface area contributed by atoms with Crippen molar-refractivity contribution in [3.8, 4) is 22.3 Å². The molecule has 4 rings (SSSR count). The second-order valence-corrected chi connectivity index (χ2v) is 7.01. The van der Waals surface area contributed by atoms with Crippen molar-refractivity contribution in [3.05, 3.63) is 113 Å². The number of hydrogen-bond acceptors (Lipinski definition) is 1. The van der Waals surface area contributed by atoms with E-state index >= 15 is 0 Å². The van der Waals surface area contributed by atoms with Crippen molar-refractivity contribution in [2.24, 2.45) is 28.2 Å². The summed E-state index contributed by atoms with van der Waals surface area (Å²) in [5, 5.41) is 0. The van der Waals surface area contributed by atoms with Crippen molar-refractivity contribution in [2.45, 2.75) is 0 Å². The van der Waals surface area contributed by atoms with Crippen molar-refractivity contribution < 1.29 is 52.5 Å². The third-order valence-corrected chi connectivity index (χ3v) is 4.58. The fraction of sp³-hybridized carbons (Fsp3) is 0.154. The zero-order valence-corrected chi connectivity index (χ0v) is 23.9. The van der Waals surface area contributed by atoms with Gasteiger partial charge in [0.1, 0.15) is 28.2 Å². The van der Waals surface area contributed by atoms with Crippen LogP contribution in [0, 0.1) is 14.9 Å². The van der Waals surface area contributed by atoms with Gasteiger partial charge in [-0.05, 0) is 22.3 Å². The normalized spacial score (nSPS) is 8.79. The second kappa shape index (κ2) is 17.5. The van der Waals surface area contributed by atoms with Crippen LogP contribution in [0.15, 0.2) is 98.1 Å². The van der Waals surface area contributed by atoms with Gasteiger partial charge in [-0.15, -0.1) is 0 Å².